The molecule has 0 bridgehead atoms. The predicted molar refractivity (Wildman–Crippen MR) is 48.2 cm³/mol. The standard InChI is InChI=1S/C2H3N.3CH3.F6P.Sn/c1-2-3;;;;1-7(2,3,4,5)6;/h1H3;3*1H3;;/q;;;;-1;+1. The van der Waals surface area contributed by atoms with Gasteiger partial charge in [0.1, 0.15) is 0 Å². The van der Waals surface area contributed by atoms with Gasteiger partial charge in [0, 0.05) is 6.92 Å². The van der Waals surface area contributed by atoms with E-state index < -0.39 is 27.6 Å². The molecule has 0 aliphatic heterocycles. The molecular formula is C5H12F6NPSn. The molecule has 88 valence electrons. The Morgan fingerprint density at radius 1 is 0.929 bits per heavy atom. The Morgan fingerprint density at radius 2 is 0.929 bits per heavy atom. The van der Waals surface area contributed by atoms with Gasteiger partial charge in [-0.3, -0.25) is 0 Å². The van der Waals surface area contributed by atoms with Crippen molar-refractivity contribution in [2.24, 2.45) is 0 Å². The quantitative estimate of drug-likeness (QED) is 0.331. The fraction of sp³-hybridized carbons (Fsp3) is 0.800. The van der Waals surface area contributed by atoms with Crippen LogP contribution in [-0.4, -0.2) is 19.8 Å². The summed E-state index contributed by atoms with van der Waals surface area (Å²) in [5, 5.41) is 7.32. The zero-order valence-corrected chi connectivity index (χ0v) is 11.9. The molecule has 0 heterocycles. The molecule has 0 aromatic rings. The first-order valence-electron chi connectivity index (χ1n) is 3.24. The van der Waals surface area contributed by atoms with E-state index in [4.69, 9.17) is 5.26 Å². The zero-order chi connectivity index (χ0) is 12.7. The fourth-order valence-corrected chi connectivity index (χ4v) is 0. The topological polar surface area (TPSA) is 23.8 Å². The summed E-state index contributed by atoms with van der Waals surface area (Å²) in [7, 11) is -10.7. The van der Waals surface area contributed by atoms with Crippen LogP contribution in [0.5, 0.6) is 0 Å². The maximum absolute atomic E-state index is 10.7. The third-order valence-electron chi connectivity index (χ3n) is 0. The van der Waals surface area contributed by atoms with Gasteiger partial charge in [0.25, 0.3) is 0 Å². The maximum atomic E-state index is 9.87. The van der Waals surface area contributed by atoms with E-state index in [2.05, 4.69) is 14.8 Å². The van der Waals surface area contributed by atoms with Crippen molar-refractivity contribution in [3.05, 3.63) is 0 Å². The molecule has 0 N–H and O–H groups in total. The molecule has 0 aromatic carbocycles. The van der Waals surface area contributed by atoms with Gasteiger partial charge in [-0.1, -0.05) is 0 Å². The van der Waals surface area contributed by atoms with Crippen LogP contribution >= 0.6 is 7.81 Å². The molecule has 0 saturated heterocycles. The number of hydrogen-bond acceptors (Lipinski definition) is 1. The molecule has 0 fully saturated rings. The van der Waals surface area contributed by atoms with Crippen molar-refractivity contribution in [2.45, 2.75) is 21.7 Å². The summed E-state index contributed by atoms with van der Waals surface area (Å²) in [6.07, 6.45) is 0. The molecule has 0 rings (SSSR count). The van der Waals surface area contributed by atoms with E-state index in [-0.39, 0.29) is 0 Å². The Hall–Kier alpha value is 0.299. The minimum atomic E-state index is -10.7. The van der Waals surface area contributed by atoms with Crippen molar-refractivity contribution < 1.29 is 25.2 Å². The van der Waals surface area contributed by atoms with Crippen molar-refractivity contribution in [2.75, 3.05) is 0 Å². The van der Waals surface area contributed by atoms with Crippen molar-refractivity contribution in [1.29, 1.82) is 5.26 Å². The monoisotopic (exact) mass is 351 g/mol. The van der Waals surface area contributed by atoms with Gasteiger partial charge in [0.05, 0.1) is 6.07 Å². The molecule has 0 amide bonds. The molecule has 0 aromatic heterocycles. The van der Waals surface area contributed by atoms with Crippen LogP contribution in [0.3, 0.4) is 0 Å². The molecule has 0 unspecified atom stereocenters. The van der Waals surface area contributed by atoms with Crippen LogP contribution in [0, 0.1) is 11.3 Å². The van der Waals surface area contributed by atoms with E-state index in [0.717, 1.165) is 0 Å². The average Bonchev–Trinajstić information content (AvgIpc) is 1.51. The van der Waals surface area contributed by atoms with Gasteiger partial charge in [0.2, 0.25) is 0 Å². The summed E-state index contributed by atoms with van der Waals surface area (Å²) in [6.45, 7) is 1.43. The Morgan fingerprint density at radius 3 is 0.929 bits per heavy atom. The molecule has 0 aliphatic rings. The SMILES string of the molecule is CC#N.F[P-](F)(F)(F)(F)F.[CH3][Sn+]([CH3])[CH3]. The van der Waals surface area contributed by atoms with Crippen LogP contribution in [0.15, 0.2) is 0 Å². The molecule has 0 radical (unpaired) electrons. The van der Waals surface area contributed by atoms with Gasteiger partial charge in [0.15, 0.2) is 0 Å². The molecule has 9 heteroatoms. The Balaban J connectivity index is -0.000000147. The molecule has 0 aliphatic carbocycles. The Labute approximate surface area is 86.1 Å². The van der Waals surface area contributed by atoms with Crippen LogP contribution in [0.2, 0.25) is 14.8 Å². The normalized spacial score (nSPS) is 14.1. The van der Waals surface area contributed by atoms with Crippen molar-refractivity contribution in [3.8, 4) is 6.07 Å². The molecular weight excluding hydrogens is 338 g/mol. The van der Waals surface area contributed by atoms with E-state index in [1.165, 1.54) is 6.92 Å². The van der Waals surface area contributed by atoms with Gasteiger partial charge < -0.3 is 0 Å². The third kappa shape index (κ3) is 17600. The van der Waals surface area contributed by atoms with Gasteiger partial charge >= 0.3 is 67.6 Å². The zero-order valence-electron chi connectivity index (χ0n) is 8.16. The number of halogens is 6. The van der Waals surface area contributed by atoms with Gasteiger partial charge in [-0.2, -0.15) is 5.26 Å². The molecule has 14 heavy (non-hydrogen) atoms. The first kappa shape index (κ1) is 19.8. The molecule has 0 atom stereocenters. The van der Waals surface area contributed by atoms with Crippen molar-refractivity contribution in [1.82, 2.24) is 0 Å². The second-order valence-corrected chi connectivity index (χ2v) is 13.2. The first-order valence-corrected chi connectivity index (χ1v) is 13.8. The van der Waals surface area contributed by atoms with Crippen LogP contribution in [-0.2, 0) is 0 Å². The second-order valence-electron chi connectivity index (χ2n) is 2.68. The number of rotatable bonds is 0. The second kappa shape index (κ2) is 5.40. The van der Waals surface area contributed by atoms with E-state index in [9.17, 15) is 25.2 Å². The van der Waals surface area contributed by atoms with Crippen LogP contribution in [0.25, 0.3) is 0 Å². The summed E-state index contributed by atoms with van der Waals surface area (Å²) < 4.78 is 59.2. The Bertz CT molecular complexity index is 173. The summed E-state index contributed by atoms with van der Waals surface area (Å²) in [5.74, 6) is 0. The van der Waals surface area contributed by atoms with Crippen molar-refractivity contribution >= 4 is 27.6 Å². The predicted octanol–water partition coefficient (Wildman–Crippen LogP) is 5.28. The Kier molecular flexibility index (Phi) is 7.64. The molecule has 0 saturated carbocycles. The molecule has 1 nitrogen and oxygen atoms in total. The van der Waals surface area contributed by atoms with Gasteiger partial charge in [-0.15, -0.1) is 0 Å². The number of nitriles is 1. The van der Waals surface area contributed by atoms with E-state index in [1.807, 2.05) is 0 Å². The van der Waals surface area contributed by atoms with E-state index >= 15 is 0 Å². The van der Waals surface area contributed by atoms with Crippen LogP contribution in [0.1, 0.15) is 6.92 Å². The van der Waals surface area contributed by atoms with E-state index in [0.29, 0.717) is 0 Å². The molecule has 0 spiro atoms. The average molecular weight is 350 g/mol. The number of hydrogen-bond donors (Lipinski definition) is 0. The summed E-state index contributed by atoms with van der Waals surface area (Å²) >= 11 is -0.543. The van der Waals surface area contributed by atoms with Crippen LogP contribution in [0.4, 0.5) is 25.2 Å². The van der Waals surface area contributed by atoms with Crippen molar-refractivity contribution in [3.63, 3.8) is 0 Å². The third-order valence-corrected chi connectivity index (χ3v) is 0. The summed E-state index contributed by atoms with van der Waals surface area (Å²) in [5.41, 5.74) is 0. The number of nitrogens with zero attached hydrogens (tertiary/aromatic N) is 1. The van der Waals surface area contributed by atoms with Crippen LogP contribution < -0.4 is 0 Å². The van der Waals surface area contributed by atoms with E-state index in [1.54, 1.807) is 6.07 Å². The summed E-state index contributed by atoms with van der Waals surface area (Å²) in [4.78, 5) is 7.09. The van der Waals surface area contributed by atoms with Gasteiger partial charge in [-0.25, -0.2) is 0 Å². The van der Waals surface area contributed by atoms with Gasteiger partial charge in [-0.05, 0) is 0 Å². The minimum absolute atomic E-state index is 0.543. The summed E-state index contributed by atoms with van der Waals surface area (Å²) in [6, 6.07) is 1.75. The first-order chi connectivity index (χ1) is 5.60. The fourth-order valence-electron chi connectivity index (χ4n) is 0.